The van der Waals surface area contributed by atoms with E-state index in [0.29, 0.717) is 6.61 Å². The Morgan fingerprint density at radius 3 is 2.36 bits per heavy atom. The van der Waals surface area contributed by atoms with Gasteiger partial charge in [0.15, 0.2) is 6.29 Å². The average Bonchev–Trinajstić information content (AvgIpc) is 2.03. The van der Waals surface area contributed by atoms with Gasteiger partial charge in [-0.25, -0.2) is 0 Å². The smallest absolute Gasteiger partial charge is 0.181 e. The van der Waals surface area contributed by atoms with Crippen LogP contribution < -0.4 is 0 Å². The minimum Gasteiger partial charge on any atom is -0.376 e. The van der Waals surface area contributed by atoms with Crippen molar-refractivity contribution in [2.24, 2.45) is 0 Å². The minimum atomic E-state index is -0.773. The molecular formula is C8H18O3. The Kier molecular flexibility index (Phi) is 6.51. The molecule has 0 aromatic carbocycles. The summed E-state index contributed by atoms with van der Waals surface area (Å²) in [7, 11) is 1.58. The van der Waals surface area contributed by atoms with E-state index in [4.69, 9.17) is 9.47 Å². The van der Waals surface area contributed by atoms with Gasteiger partial charge in [-0.3, -0.25) is 0 Å². The molecule has 0 aliphatic rings. The van der Waals surface area contributed by atoms with E-state index in [1.807, 2.05) is 13.8 Å². The lowest BCUT2D eigenvalue weighted by Gasteiger charge is -2.19. The summed E-state index contributed by atoms with van der Waals surface area (Å²) in [5.74, 6) is 0. The zero-order valence-corrected chi connectivity index (χ0v) is 7.54. The summed E-state index contributed by atoms with van der Waals surface area (Å²) in [5, 5.41) is 9.29. The van der Waals surface area contributed by atoms with E-state index in [1.165, 1.54) is 0 Å². The number of ether oxygens (including phenoxy) is 2. The normalized spacial score (nSPS) is 16.4. The van der Waals surface area contributed by atoms with Crippen LogP contribution in [0.2, 0.25) is 0 Å². The summed E-state index contributed by atoms with van der Waals surface area (Å²) < 4.78 is 10.0. The summed E-state index contributed by atoms with van der Waals surface area (Å²) in [6.45, 7) is 4.54. The van der Waals surface area contributed by atoms with Crippen LogP contribution in [0.15, 0.2) is 0 Å². The van der Waals surface area contributed by atoms with Gasteiger partial charge in [0.05, 0.1) is 0 Å². The maximum Gasteiger partial charge on any atom is 0.181 e. The van der Waals surface area contributed by atoms with Gasteiger partial charge in [0, 0.05) is 13.7 Å². The quantitative estimate of drug-likeness (QED) is 0.595. The second kappa shape index (κ2) is 6.58. The molecule has 1 N–H and O–H groups in total. The molecule has 11 heavy (non-hydrogen) atoms. The fourth-order valence-corrected chi connectivity index (χ4v) is 0.831. The molecule has 0 aromatic heterocycles. The molecule has 68 valence electrons. The topological polar surface area (TPSA) is 38.7 Å². The van der Waals surface area contributed by atoms with Gasteiger partial charge in [-0.15, -0.1) is 0 Å². The monoisotopic (exact) mass is 162 g/mol. The van der Waals surface area contributed by atoms with Crippen molar-refractivity contribution >= 4 is 0 Å². The Labute approximate surface area is 68.3 Å². The number of methoxy groups -OCH3 is 1. The molecule has 0 amide bonds. The largest absolute Gasteiger partial charge is 0.376 e. The lowest BCUT2D eigenvalue weighted by Crippen LogP contribution is -2.30. The Balaban J connectivity index is 3.51. The van der Waals surface area contributed by atoms with Gasteiger partial charge in [-0.2, -0.15) is 0 Å². The minimum absolute atomic E-state index is 0.193. The van der Waals surface area contributed by atoms with Crippen molar-refractivity contribution in [3.63, 3.8) is 0 Å². The molecule has 0 aliphatic carbocycles. The lowest BCUT2D eigenvalue weighted by molar-refractivity contribution is -0.170. The van der Waals surface area contributed by atoms with E-state index in [0.717, 1.165) is 12.8 Å². The molecule has 0 heterocycles. The van der Waals surface area contributed by atoms with Gasteiger partial charge in [0.1, 0.15) is 6.10 Å². The van der Waals surface area contributed by atoms with Crippen LogP contribution in [0.5, 0.6) is 0 Å². The van der Waals surface area contributed by atoms with Crippen molar-refractivity contribution in [1.29, 1.82) is 0 Å². The molecule has 2 atom stereocenters. The van der Waals surface area contributed by atoms with Crippen LogP contribution in [-0.2, 0) is 9.47 Å². The molecule has 0 saturated carbocycles. The third-order valence-corrected chi connectivity index (χ3v) is 1.52. The molecule has 0 aromatic rings. The van der Waals surface area contributed by atoms with Crippen LogP contribution in [0.1, 0.15) is 26.7 Å². The van der Waals surface area contributed by atoms with Crippen LogP contribution in [0.4, 0.5) is 0 Å². The van der Waals surface area contributed by atoms with Crippen molar-refractivity contribution in [1.82, 2.24) is 0 Å². The molecule has 3 nitrogen and oxygen atoms in total. The standard InChI is InChI=1S/C8H18O3/c1-4-6-11-8(9)7(5-2)10-3/h7-9H,4-6H2,1-3H3. The molecule has 2 unspecified atom stereocenters. The van der Waals surface area contributed by atoms with Crippen molar-refractivity contribution < 1.29 is 14.6 Å². The number of hydrogen-bond donors (Lipinski definition) is 1. The van der Waals surface area contributed by atoms with E-state index in [1.54, 1.807) is 7.11 Å². The molecule has 0 saturated heterocycles. The molecule has 0 rings (SSSR count). The Morgan fingerprint density at radius 1 is 1.36 bits per heavy atom. The first-order chi connectivity index (χ1) is 5.26. The van der Waals surface area contributed by atoms with E-state index in [-0.39, 0.29) is 6.10 Å². The highest BCUT2D eigenvalue weighted by molar-refractivity contribution is 4.56. The fraction of sp³-hybridized carbons (Fsp3) is 1.00. The molecule has 0 fully saturated rings. The van der Waals surface area contributed by atoms with Crippen LogP contribution in [0.25, 0.3) is 0 Å². The van der Waals surface area contributed by atoms with E-state index in [2.05, 4.69) is 0 Å². The number of rotatable bonds is 6. The van der Waals surface area contributed by atoms with Gasteiger partial charge in [0.2, 0.25) is 0 Å². The molecule has 0 radical (unpaired) electrons. The van der Waals surface area contributed by atoms with Crippen LogP contribution >= 0.6 is 0 Å². The van der Waals surface area contributed by atoms with E-state index >= 15 is 0 Å². The summed E-state index contributed by atoms with van der Waals surface area (Å²) in [6.07, 6.45) is 0.713. The zero-order chi connectivity index (χ0) is 8.69. The summed E-state index contributed by atoms with van der Waals surface area (Å²) in [4.78, 5) is 0. The molecule has 0 bridgehead atoms. The third kappa shape index (κ3) is 4.35. The Morgan fingerprint density at radius 2 is 2.00 bits per heavy atom. The second-order valence-corrected chi connectivity index (χ2v) is 2.44. The van der Waals surface area contributed by atoms with Crippen LogP contribution in [0.3, 0.4) is 0 Å². The average molecular weight is 162 g/mol. The number of aliphatic hydroxyl groups is 1. The highest BCUT2D eigenvalue weighted by atomic mass is 16.6. The highest BCUT2D eigenvalue weighted by Gasteiger charge is 2.15. The van der Waals surface area contributed by atoms with Crippen molar-refractivity contribution in [2.75, 3.05) is 13.7 Å². The van der Waals surface area contributed by atoms with E-state index < -0.39 is 6.29 Å². The first-order valence-corrected chi connectivity index (χ1v) is 4.08. The first kappa shape index (κ1) is 10.9. The van der Waals surface area contributed by atoms with Gasteiger partial charge in [-0.05, 0) is 12.8 Å². The number of hydrogen-bond acceptors (Lipinski definition) is 3. The summed E-state index contributed by atoms with van der Waals surface area (Å²) in [5.41, 5.74) is 0. The molecule has 0 spiro atoms. The molecule has 0 aliphatic heterocycles. The fourth-order valence-electron chi connectivity index (χ4n) is 0.831. The van der Waals surface area contributed by atoms with Crippen molar-refractivity contribution in [3.05, 3.63) is 0 Å². The Bertz CT molecular complexity index is 81.4. The van der Waals surface area contributed by atoms with Gasteiger partial charge >= 0.3 is 0 Å². The Hall–Kier alpha value is -0.120. The van der Waals surface area contributed by atoms with Gasteiger partial charge in [0.25, 0.3) is 0 Å². The second-order valence-electron chi connectivity index (χ2n) is 2.44. The van der Waals surface area contributed by atoms with Crippen molar-refractivity contribution in [2.45, 2.75) is 39.1 Å². The van der Waals surface area contributed by atoms with Crippen LogP contribution in [-0.4, -0.2) is 31.2 Å². The first-order valence-electron chi connectivity index (χ1n) is 4.08. The van der Waals surface area contributed by atoms with Gasteiger partial charge < -0.3 is 14.6 Å². The summed E-state index contributed by atoms with van der Waals surface area (Å²) in [6, 6.07) is 0. The van der Waals surface area contributed by atoms with Gasteiger partial charge in [-0.1, -0.05) is 13.8 Å². The number of aliphatic hydroxyl groups excluding tert-OH is 1. The zero-order valence-electron chi connectivity index (χ0n) is 7.54. The molecule has 3 heteroatoms. The van der Waals surface area contributed by atoms with Crippen LogP contribution in [0, 0.1) is 0 Å². The molecular weight excluding hydrogens is 144 g/mol. The predicted octanol–water partition coefficient (Wildman–Crippen LogP) is 1.16. The predicted molar refractivity (Wildman–Crippen MR) is 43.3 cm³/mol. The lowest BCUT2D eigenvalue weighted by atomic mass is 10.3. The summed E-state index contributed by atoms with van der Waals surface area (Å²) >= 11 is 0. The highest BCUT2D eigenvalue weighted by Crippen LogP contribution is 2.04. The SMILES string of the molecule is CCCOC(O)C(CC)OC. The van der Waals surface area contributed by atoms with E-state index in [9.17, 15) is 5.11 Å². The maximum atomic E-state index is 9.29. The van der Waals surface area contributed by atoms with Crippen molar-refractivity contribution in [3.8, 4) is 0 Å². The maximum absolute atomic E-state index is 9.29. The third-order valence-electron chi connectivity index (χ3n) is 1.52.